The Morgan fingerprint density at radius 3 is 2.65 bits per heavy atom. The van der Waals surface area contributed by atoms with Gasteiger partial charge in [-0.05, 0) is 59.8 Å². The molecule has 6 nitrogen and oxygen atoms in total. The van der Waals surface area contributed by atoms with Crippen LogP contribution in [0.25, 0.3) is 10.9 Å². The van der Waals surface area contributed by atoms with E-state index >= 15 is 0 Å². The average Bonchev–Trinajstić information content (AvgIpc) is 3.00. The number of aliphatic hydroxyl groups excluding tert-OH is 1. The van der Waals surface area contributed by atoms with Crippen molar-refractivity contribution in [3.05, 3.63) is 59.8 Å². The van der Waals surface area contributed by atoms with Crippen LogP contribution in [0.2, 0.25) is 0 Å². The summed E-state index contributed by atoms with van der Waals surface area (Å²) in [6.07, 6.45) is 1.00. The molecule has 0 bridgehead atoms. The summed E-state index contributed by atoms with van der Waals surface area (Å²) >= 11 is 0. The van der Waals surface area contributed by atoms with Crippen molar-refractivity contribution in [1.82, 2.24) is 9.29 Å². The first-order valence-corrected chi connectivity index (χ1v) is 9.67. The Morgan fingerprint density at radius 2 is 1.96 bits per heavy atom. The second-order valence-corrected chi connectivity index (χ2v) is 8.01. The number of benzene rings is 2. The van der Waals surface area contributed by atoms with Crippen LogP contribution in [0.3, 0.4) is 0 Å². The normalized spacial score (nSPS) is 13.1. The zero-order valence-electron chi connectivity index (χ0n) is 14.9. The minimum atomic E-state index is -3.72. The van der Waals surface area contributed by atoms with E-state index in [0.717, 1.165) is 16.5 Å². The fourth-order valence-electron chi connectivity index (χ4n) is 2.92. The van der Waals surface area contributed by atoms with Gasteiger partial charge in [-0.25, -0.2) is 13.1 Å². The van der Waals surface area contributed by atoms with E-state index < -0.39 is 16.1 Å². The maximum atomic E-state index is 12.5. The highest BCUT2D eigenvalue weighted by Gasteiger charge is 2.18. The zero-order chi connectivity index (χ0) is 18.9. The third-order valence-electron chi connectivity index (χ3n) is 4.44. The number of fused-ring (bicyclic) bond motifs is 1. The first kappa shape index (κ1) is 18.4. The van der Waals surface area contributed by atoms with Gasteiger partial charge in [0.05, 0.1) is 18.1 Å². The molecular formula is C19H22N2O4S. The maximum absolute atomic E-state index is 12.5. The Labute approximate surface area is 153 Å². The van der Waals surface area contributed by atoms with Gasteiger partial charge in [-0.1, -0.05) is 6.07 Å². The summed E-state index contributed by atoms with van der Waals surface area (Å²) in [7, 11) is -0.235. The van der Waals surface area contributed by atoms with Crippen LogP contribution in [-0.2, 0) is 17.1 Å². The zero-order valence-corrected chi connectivity index (χ0v) is 15.7. The molecule has 138 valence electrons. The van der Waals surface area contributed by atoms with E-state index in [-0.39, 0.29) is 11.4 Å². The Kier molecular flexibility index (Phi) is 5.04. The second kappa shape index (κ2) is 7.11. The smallest absolute Gasteiger partial charge is 0.240 e. The van der Waals surface area contributed by atoms with Gasteiger partial charge in [0.2, 0.25) is 10.0 Å². The highest BCUT2D eigenvalue weighted by molar-refractivity contribution is 7.89. The fraction of sp³-hybridized carbons (Fsp3) is 0.263. The molecule has 0 aliphatic carbocycles. The van der Waals surface area contributed by atoms with E-state index in [1.165, 1.54) is 13.2 Å². The minimum Gasteiger partial charge on any atom is -0.496 e. The summed E-state index contributed by atoms with van der Waals surface area (Å²) in [5.41, 5.74) is 2.44. The molecule has 0 spiro atoms. The van der Waals surface area contributed by atoms with Crippen molar-refractivity contribution in [3.63, 3.8) is 0 Å². The molecule has 3 aromatic rings. The number of rotatable bonds is 6. The van der Waals surface area contributed by atoms with Crippen molar-refractivity contribution < 1.29 is 18.3 Å². The van der Waals surface area contributed by atoms with Crippen LogP contribution in [0.4, 0.5) is 0 Å². The molecule has 0 radical (unpaired) electrons. The SMILES string of the molecule is COc1ccc(S(=O)(=O)NCC(O)c2ccc3c(ccn3C)c2)cc1C. The first-order chi connectivity index (χ1) is 12.3. The topological polar surface area (TPSA) is 80.6 Å². The van der Waals surface area contributed by atoms with Crippen molar-refractivity contribution >= 4 is 20.9 Å². The van der Waals surface area contributed by atoms with Crippen molar-refractivity contribution in [2.45, 2.75) is 17.9 Å². The van der Waals surface area contributed by atoms with Crippen molar-refractivity contribution in [2.24, 2.45) is 7.05 Å². The summed E-state index contributed by atoms with van der Waals surface area (Å²) < 4.78 is 34.5. The van der Waals surface area contributed by atoms with Crippen LogP contribution in [-0.4, -0.2) is 31.7 Å². The number of hydrogen-bond acceptors (Lipinski definition) is 4. The van der Waals surface area contributed by atoms with Crippen LogP contribution in [0, 0.1) is 6.92 Å². The predicted octanol–water partition coefficient (Wildman–Crippen LogP) is 2.51. The monoisotopic (exact) mass is 374 g/mol. The summed E-state index contributed by atoms with van der Waals surface area (Å²) in [4.78, 5) is 0.140. The lowest BCUT2D eigenvalue weighted by atomic mass is 10.1. The number of aryl methyl sites for hydroxylation is 2. The number of nitrogens with zero attached hydrogens (tertiary/aromatic N) is 1. The quantitative estimate of drug-likeness (QED) is 0.695. The molecule has 1 unspecified atom stereocenters. The summed E-state index contributed by atoms with van der Waals surface area (Å²) in [6, 6.07) is 12.2. The highest BCUT2D eigenvalue weighted by Crippen LogP contribution is 2.23. The molecule has 0 aliphatic heterocycles. The minimum absolute atomic E-state index is 0.105. The molecule has 0 aliphatic rings. The van der Waals surface area contributed by atoms with Crippen molar-refractivity contribution in [3.8, 4) is 5.75 Å². The van der Waals surface area contributed by atoms with Gasteiger partial charge in [0.1, 0.15) is 5.75 Å². The van der Waals surface area contributed by atoms with Crippen LogP contribution >= 0.6 is 0 Å². The van der Waals surface area contributed by atoms with Crippen LogP contribution in [0.15, 0.2) is 53.6 Å². The molecule has 1 heterocycles. The number of methoxy groups -OCH3 is 1. The number of nitrogens with one attached hydrogen (secondary N) is 1. The lowest BCUT2D eigenvalue weighted by molar-refractivity contribution is 0.182. The molecule has 1 atom stereocenters. The van der Waals surface area contributed by atoms with E-state index in [1.807, 2.05) is 36.0 Å². The Bertz CT molecular complexity index is 1040. The number of aliphatic hydroxyl groups is 1. The summed E-state index contributed by atoms with van der Waals surface area (Å²) in [5.74, 6) is 0.625. The van der Waals surface area contributed by atoms with Crippen LogP contribution in [0.5, 0.6) is 5.75 Å². The number of ether oxygens (including phenoxy) is 1. The average molecular weight is 374 g/mol. The van der Waals surface area contributed by atoms with Gasteiger partial charge in [0.25, 0.3) is 0 Å². The molecule has 0 saturated heterocycles. The lowest BCUT2D eigenvalue weighted by Crippen LogP contribution is -2.28. The highest BCUT2D eigenvalue weighted by atomic mass is 32.2. The Balaban J connectivity index is 1.74. The van der Waals surface area contributed by atoms with E-state index in [4.69, 9.17) is 4.74 Å². The first-order valence-electron chi connectivity index (χ1n) is 8.19. The standard InChI is InChI=1S/C19H22N2O4S/c1-13-10-16(5-7-19(13)25-3)26(23,24)20-12-18(22)15-4-6-17-14(11-15)8-9-21(17)2/h4-11,18,20,22H,12H2,1-3H3. The van der Waals surface area contributed by atoms with Gasteiger partial charge in [-0.15, -0.1) is 0 Å². The number of sulfonamides is 1. The van der Waals surface area contributed by atoms with E-state index in [1.54, 1.807) is 25.1 Å². The Hall–Kier alpha value is -2.35. The largest absolute Gasteiger partial charge is 0.496 e. The van der Waals surface area contributed by atoms with Gasteiger partial charge < -0.3 is 14.4 Å². The van der Waals surface area contributed by atoms with Crippen molar-refractivity contribution in [1.29, 1.82) is 0 Å². The molecule has 3 rings (SSSR count). The van der Waals surface area contributed by atoms with Gasteiger partial charge in [0, 0.05) is 25.3 Å². The van der Waals surface area contributed by atoms with E-state index in [9.17, 15) is 13.5 Å². The third kappa shape index (κ3) is 3.60. The molecule has 7 heteroatoms. The number of aromatic nitrogens is 1. The predicted molar refractivity (Wildman–Crippen MR) is 101 cm³/mol. The van der Waals surface area contributed by atoms with Gasteiger partial charge >= 0.3 is 0 Å². The van der Waals surface area contributed by atoms with Gasteiger partial charge in [0.15, 0.2) is 0 Å². The molecule has 0 amide bonds. The number of hydrogen-bond donors (Lipinski definition) is 2. The molecule has 0 fully saturated rings. The van der Waals surface area contributed by atoms with Crippen LogP contribution in [0.1, 0.15) is 17.2 Å². The molecule has 26 heavy (non-hydrogen) atoms. The fourth-order valence-corrected chi connectivity index (χ4v) is 4.04. The van der Waals surface area contributed by atoms with E-state index in [2.05, 4.69) is 4.72 Å². The maximum Gasteiger partial charge on any atom is 0.240 e. The molecule has 1 aromatic heterocycles. The summed E-state index contributed by atoms with van der Waals surface area (Å²) in [5, 5.41) is 11.4. The summed E-state index contributed by atoms with van der Waals surface area (Å²) in [6.45, 7) is 1.67. The van der Waals surface area contributed by atoms with Gasteiger partial charge in [-0.3, -0.25) is 0 Å². The molecule has 2 aromatic carbocycles. The molecular weight excluding hydrogens is 352 g/mol. The van der Waals surface area contributed by atoms with E-state index in [0.29, 0.717) is 11.3 Å². The Morgan fingerprint density at radius 1 is 1.19 bits per heavy atom. The van der Waals surface area contributed by atoms with Gasteiger partial charge in [-0.2, -0.15) is 0 Å². The van der Waals surface area contributed by atoms with Crippen LogP contribution < -0.4 is 9.46 Å². The molecule has 2 N–H and O–H groups in total. The third-order valence-corrected chi connectivity index (χ3v) is 5.86. The van der Waals surface area contributed by atoms with Crippen molar-refractivity contribution in [2.75, 3.05) is 13.7 Å². The lowest BCUT2D eigenvalue weighted by Gasteiger charge is -2.14. The second-order valence-electron chi connectivity index (χ2n) is 6.24. The molecule has 0 saturated carbocycles.